The fourth-order valence-corrected chi connectivity index (χ4v) is 2.47. The van der Waals surface area contributed by atoms with Crippen molar-refractivity contribution in [1.82, 2.24) is 0 Å². The normalized spacial score (nSPS) is 10.8. The first-order valence-corrected chi connectivity index (χ1v) is 7.91. The average molecular weight is 356 g/mol. The van der Waals surface area contributed by atoms with Gasteiger partial charge in [-0.3, -0.25) is 4.79 Å². The Bertz CT molecular complexity index is 869. The molecular formula is C19H18ClN3O2. The summed E-state index contributed by atoms with van der Waals surface area (Å²) in [7, 11) is 1.51. The summed E-state index contributed by atoms with van der Waals surface area (Å²) in [4.78, 5) is 12.3. The van der Waals surface area contributed by atoms with Crippen molar-refractivity contribution in [2.75, 3.05) is 17.7 Å². The molecule has 0 bridgehead atoms. The lowest BCUT2D eigenvalue weighted by Gasteiger charge is -2.09. The Morgan fingerprint density at radius 1 is 1.24 bits per heavy atom. The van der Waals surface area contributed by atoms with Crippen molar-refractivity contribution >= 4 is 28.9 Å². The van der Waals surface area contributed by atoms with Gasteiger partial charge in [-0.1, -0.05) is 29.3 Å². The predicted molar refractivity (Wildman–Crippen MR) is 99.9 cm³/mol. The predicted octanol–water partition coefficient (Wildman–Crippen LogP) is 4.42. The molecular weight excluding hydrogens is 338 g/mol. The minimum atomic E-state index is -0.527. The van der Waals surface area contributed by atoms with Crippen molar-refractivity contribution in [1.29, 1.82) is 5.26 Å². The Kier molecular flexibility index (Phi) is 6.04. The third-order valence-corrected chi connectivity index (χ3v) is 3.82. The lowest BCUT2D eigenvalue weighted by atomic mass is 10.1. The standard InChI is InChI=1S/C19H18ClN3O2/c1-12-4-6-17(13(2)8-12)22-11-14(10-21)19(24)23-15-5-7-18(25-3)16(20)9-15/h4-9,11,22H,1-3H3,(H,23,24)/b14-11-. The van der Waals surface area contributed by atoms with Gasteiger partial charge in [0.25, 0.3) is 5.91 Å². The van der Waals surface area contributed by atoms with Crippen molar-refractivity contribution in [3.8, 4) is 11.8 Å². The highest BCUT2D eigenvalue weighted by Crippen LogP contribution is 2.27. The van der Waals surface area contributed by atoms with Crippen LogP contribution >= 0.6 is 11.6 Å². The van der Waals surface area contributed by atoms with E-state index in [0.29, 0.717) is 16.5 Å². The number of nitriles is 1. The van der Waals surface area contributed by atoms with Crippen LogP contribution in [0.3, 0.4) is 0 Å². The smallest absolute Gasteiger partial charge is 0.267 e. The Morgan fingerprint density at radius 2 is 2.00 bits per heavy atom. The fourth-order valence-electron chi connectivity index (χ4n) is 2.22. The van der Waals surface area contributed by atoms with Gasteiger partial charge in [0.15, 0.2) is 0 Å². The van der Waals surface area contributed by atoms with Gasteiger partial charge in [-0.25, -0.2) is 0 Å². The van der Waals surface area contributed by atoms with Crippen LogP contribution in [0.4, 0.5) is 11.4 Å². The Labute approximate surface area is 151 Å². The monoisotopic (exact) mass is 355 g/mol. The summed E-state index contributed by atoms with van der Waals surface area (Å²) in [5.41, 5.74) is 3.42. The number of nitrogens with zero attached hydrogens (tertiary/aromatic N) is 1. The average Bonchev–Trinajstić information content (AvgIpc) is 2.57. The van der Waals surface area contributed by atoms with Crippen LogP contribution in [-0.4, -0.2) is 13.0 Å². The van der Waals surface area contributed by atoms with Gasteiger partial charge in [0, 0.05) is 17.6 Å². The van der Waals surface area contributed by atoms with Crippen molar-refractivity contribution in [2.24, 2.45) is 0 Å². The van der Waals surface area contributed by atoms with Gasteiger partial charge in [0.1, 0.15) is 17.4 Å². The van der Waals surface area contributed by atoms with Gasteiger partial charge < -0.3 is 15.4 Å². The van der Waals surface area contributed by atoms with Crippen LogP contribution in [0.1, 0.15) is 11.1 Å². The number of carbonyl (C=O) groups is 1. The largest absolute Gasteiger partial charge is 0.495 e. The van der Waals surface area contributed by atoms with E-state index in [1.54, 1.807) is 18.2 Å². The topological polar surface area (TPSA) is 74.1 Å². The van der Waals surface area contributed by atoms with E-state index in [2.05, 4.69) is 10.6 Å². The van der Waals surface area contributed by atoms with Crippen molar-refractivity contribution in [3.05, 3.63) is 64.3 Å². The quantitative estimate of drug-likeness (QED) is 0.615. The van der Waals surface area contributed by atoms with Crippen molar-refractivity contribution in [2.45, 2.75) is 13.8 Å². The number of amides is 1. The first kappa shape index (κ1) is 18.4. The fraction of sp³-hybridized carbons (Fsp3) is 0.158. The molecule has 0 spiro atoms. The van der Waals surface area contributed by atoms with Crippen LogP contribution in [0.5, 0.6) is 5.75 Å². The molecule has 2 N–H and O–H groups in total. The minimum Gasteiger partial charge on any atom is -0.495 e. The summed E-state index contributed by atoms with van der Waals surface area (Å²) in [6.07, 6.45) is 1.39. The second kappa shape index (κ2) is 8.22. The number of ether oxygens (including phenoxy) is 1. The minimum absolute atomic E-state index is 0.0492. The van der Waals surface area contributed by atoms with Gasteiger partial charge in [-0.05, 0) is 43.7 Å². The highest BCUT2D eigenvalue weighted by atomic mass is 35.5. The number of carbonyl (C=O) groups excluding carboxylic acids is 1. The molecule has 0 aromatic heterocycles. The summed E-state index contributed by atoms with van der Waals surface area (Å²) in [5.74, 6) is -0.0202. The molecule has 0 aliphatic heterocycles. The number of benzene rings is 2. The molecule has 6 heteroatoms. The summed E-state index contributed by atoms with van der Waals surface area (Å²) in [5, 5.41) is 15.2. The van der Waals surface area contributed by atoms with E-state index in [0.717, 1.165) is 16.8 Å². The van der Waals surface area contributed by atoms with Gasteiger partial charge in [0.05, 0.1) is 12.1 Å². The number of anilines is 2. The van der Waals surface area contributed by atoms with Crippen molar-refractivity contribution < 1.29 is 9.53 Å². The highest BCUT2D eigenvalue weighted by molar-refractivity contribution is 6.32. The third-order valence-electron chi connectivity index (χ3n) is 3.53. The Balaban J connectivity index is 2.12. The van der Waals surface area contributed by atoms with E-state index in [1.165, 1.54) is 13.3 Å². The molecule has 0 fully saturated rings. The molecule has 0 atom stereocenters. The molecule has 2 rings (SSSR count). The maximum atomic E-state index is 12.3. The summed E-state index contributed by atoms with van der Waals surface area (Å²) in [6, 6.07) is 12.6. The first-order valence-electron chi connectivity index (χ1n) is 7.53. The molecule has 0 radical (unpaired) electrons. The van der Waals surface area contributed by atoms with Crippen LogP contribution < -0.4 is 15.4 Å². The number of hydrogen-bond donors (Lipinski definition) is 2. The van der Waals surface area contributed by atoms with E-state index in [-0.39, 0.29) is 5.57 Å². The van der Waals surface area contributed by atoms with E-state index in [9.17, 15) is 10.1 Å². The summed E-state index contributed by atoms with van der Waals surface area (Å²) in [6.45, 7) is 3.95. The van der Waals surface area contributed by atoms with Crippen LogP contribution in [0.2, 0.25) is 5.02 Å². The lowest BCUT2D eigenvalue weighted by molar-refractivity contribution is -0.112. The molecule has 5 nitrogen and oxygen atoms in total. The molecule has 128 valence electrons. The number of nitrogens with one attached hydrogen (secondary N) is 2. The van der Waals surface area contributed by atoms with Crippen LogP contribution in [-0.2, 0) is 4.79 Å². The molecule has 0 saturated heterocycles. The summed E-state index contributed by atoms with van der Waals surface area (Å²) < 4.78 is 5.06. The number of methoxy groups -OCH3 is 1. The van der Waals surface area contributed by atoms with Gasteiger partial charge in [-0.2, -0.15) is 5.26 Å². The molecule has 0 heterocycles. The van der Waals surface area contributed by atoms with E-state index >= 15 is 0 Å². The molecule has 0 unspecified atom stereocenters. The summed E-state index contributed by atoms with van der Waals surface area (Å²) >= 11 is 6.03. The van der Waals surface area contributed by atoms with E-state index < -0.39 is 5.91 Å². The Morgan fingerprint density at radius 3 is 2.60 bits per heavy atom. The lowest BCUT2D eigenvalue weighted by Crippen LogP contribution is -2.14. The van der Waals surface area contributed by atoms with Gasteiger partial charge in [0.2, 0.25) is 0 Å². The molecule has 1 amide bonds. The molecule has 0 aliphatic rings. The van der Waals surface area contributed by atoms with E-state index in [1.807, 2.05) is 38.1 Å². The van der Waals surface area contributed by atoms with Crippen LogP contribution in [0.25, 0.3) is 0 Å². The zero-order chi connectivity index (χ0) is 18.4. The van der Waals surface area contributed by atoms with Gasteiger partial charge >= 0.3 is 0 Å². The molecule has 0 saturated carbocycles. The molecule has 2 aromatic carbocycles. The van der Waals surface area contributed by atoms with Crippen LogP contribution in [0.15, 0.2) is 48.2 Å². The molecule has 0 aliphatic carbocycles. The van der Waals surface area contributed by atoms with Crippen LogP contribution in [0, 0.1) is 25.2 Å². The first-order chi connectivity index (χ1) is 11.9. The number of aryl methyl sites for hydroxylation is 2. The van der Waals surface area contributed by atoms with Crippen molar-refractivity contribution in [3.63, 3.8) is 0 Å². The van der Waals surface area contributed by atoms with E-state index in [4.69, 9.17) is 16.3 Å². The zero-order valence-electron chi connectivity index (χ0n) is 14.2. The van der Waals surface area contributed by atoms with Gasteiger partial charge in [-0.15, -0.1) is 0 Å². The maximum Gasteiger partial charge on any atom is 0.267 e. The zero-order valence-corrected chi connectivity index (χ0v) is 14.9. The number of hydrogen-bond acceptors (Lipinski definition) is 4. The molecule has 2 aromatic rings. The Hall–Kier alpha value is -2.97. The SMILES string of the molecule is COc1ccc(NC(=O)/C(C#N)=C\Nc2ccc(C)cc2C)cc1Cl. The maximum absolute atomic E-state index is 12.3. The highest BCUT2D eigenvalue weighted by Gasteiger charge is 2.11. The number of rotatable bonds is 5. The molecule has 25 heavy (non-hydrogen) atoms. The second-order valence-corrected chi connectivity index (χ2v) is 5.84. The number of halogens is 1. The second-order valence-electron chi connectivity index (χ2n) is 5.44. The third kappa shape index (κ3) is 4.75.